The second kappa shape index (κ2) is 10.6. The molecule has 0 spiro atoms. The predicted octanol–water partition coefficient (Wildman–Crippen LogP) is -0.226. The van der Waals surface area contributed by atoms with E-state index in [0.717, 1.165) is 42.1 Å². The van der Waals surface area contributed by atoms with Gasteiger partial charge < -0.3 is 5.73 Å². The van der Waals surface area contributed by atoms with E-state index in [4.69, 9.17) is 25.2 Å². The Morgan fingerprint density at radius 3 is 2.80 bits per heavy atom. The first-order chi connectivity index (χ1) is 19.3. The molecule has 0 unspecified atom stereocenters. The first-order valence-corrected chi connectivity index (χ1v) is 17.0. The van der Waals surface area contributed by atoms with E-state index < -0.39 is 5.41 Å². The molecule has 11 nitrogen and oxygen atoms in total. The van der Waals surface area contributed by atoms with E-state index in [1.807, 2.05) is 6.07 Å². The van der Waals surface area contributed by atoms with Crippen LogP contribution in [0.5, 0.6) is 0 Å². The topological polar surface area (TPSA) is 141 Å². The van der Waals surface area contributed by atoms with Crippen molar-refractivity contribution in [3.05, 3.63) is 40.6 Å². The molecule has 2 atom stereocenters. The summed E-state index contributed by atoms with van der Waals surface area (Å²) in [6.07, 6.45) is 3.99. The van der Waals surface area contributed by atoms with Gasteiger partial charge in [0, 0.05) is 0 Å². The number of alkyl halides is 2. The van der Waals surface area contributed by atoms with Crippen LogP contribution in [-0.4, -0.2) is 72.1 Å². The molecular formula is C27H31IN9O2S-. The fourth-order valence-electron chi connectivity index (χ4n) is 5.79. The normalized spacial score (nSPS) is 22.9. The Kier molecular flexibility index (Phi) is 7.16. The Hall–Kier alpha value is -3.25. The van der Waals surface area contributed by atoms with Gasteiger partial charge in [-0.1, -0.05) is 0 Å². The molecule has 210 valence electrons. The van der Waals surface area contributed by atoms with Crippen molar-refractivity contribution in [3.63, 3.8) is 0 Å². The molecule has 2 saturated heterocycles. The minimum atomic E-state index is -0.599. The van der Waals surface area contributed by atoms with E-state index in [1.165, 1.54) is 21.8 Å². The third-order valence-corrected chi connectivity index (χ3v) is 12.1. The maximum atomic E-state index is 12.1. The Labute approximate surface area is 247 Å². The Balaban J connectivity index is 1.37. The van der Waals surface area contributed by atoms with Gasteiger partial charge in [-0.3, -0.25) is 0 Å². The SMILES string of the molecule is C=CC(=O)N1CCN(c2cc(-c3noc([C@@]4(C)CCCc5sc(N)c(C#N)c54)n3)nc(N3CC[I-][C@@H]3C)n2)CC1. The zero-order chi connectivity index (χ0) is 28.0. The molecule has 0 saturated carbocycles. The number of amides is 1. The Bertz CT molecular complexity index is 1510. The molecule has 3 aromatic heterocycles. The van der Waals surface area contributed by atoms with E-state index in [-0.39, 0.29) is 27.1 Å². The number of nitrogens with two attached hydrogens (primary N) is 1. The van der Waals surface area contributed by atoms with Crippen LogP contribution in [0.15, 0.2) is 23.2 Å². The van der Waals surface area contributed by atoms with Crippen molar-refractivity contribution < 1.29 is 30.5 Å². The number of halogens is 1. The third kappa shape index (κ3) is 4.60. The van der Waals surface area contributed by atoms with E-state index >= 15 is 0 Å². The monoisotopic (exact) mass is 672 g/mol. The van der Waals surface area contributed by atoms with Crippen LogP contribution < -0.4 is 36.7 Å². The average molecular weight is 673 g/mol. The number of hydrogen-bond acceptors (Lipinski definition) is 11. The Morgan fingerprint density at radius 2 is 2.10 bits per heavy atom. The molecule has 6 rings (SSSR count). The summed E-state index contributed by atoms with van der Waals surface area (Å²) in [7, 11) is 0. The van der Waals surface area contributed by atoms with Crippen molar-refractivity contribution in [2.75, 3.05) is 52.7 Å². The molecule has 3 aromatic rings. The number of fused-ring (bicyclic) bond motifs is 1. The molecular weight excluding hydrogens is 641 g/mol. The predicted molar refractivity (Wildman–Crippen MR) is 149 cm³/mol. The van der Waals surface area contributed by atoms with Gasteiger partial charge in [0.25, 0.3) is 0 Å². The first kappa shape index (κ1) is 26.9. The average Bonchev–Trinajstić information content (AvgIpc) is 3.71. The van der Waals surface area contributed by atoms with Gasteiger partial charge in [0.1, 0.15) is 0 Å². The summed E-state index contributed by atoms with van der Waals surface area (Å²) in [5, 5.41) is 14.8. The van der Waals surface area contributed by atoms with E-state index in [2.05, 4.69) is 41.5 Å². The molecule has 0 radical (unpaired) electrons. The molecule has 2 fully saturated rings. The molecule has 5 heterocycles. The summed E-state index contributed by atoms with van der Waals surface area (Å²) in [6.45, 7) is 11.4. The molecule has 13 heteroatoms. The number of thiophene rings is 1. The number of piperazine rings is 1. The summed E-state index contributed by atoms with van der Waals surface area (Å²) in [6, 6.07) is 4.22. The van der Waals surface area contributed by atoms with Gasteiger partial charge in [0.15, 0.2) is 0 Å². The second-order valence-corrected chi connectivity index (χ2v) is 15.3. The number of anilines is 3. The Morgan fingerprint density at radius 1 is 1.30 bits per heavy atom. The maximum absolute atomic E-state index is 12.1. The fraction of sp³-hybridized carbons (Fsp3) is 0.481. The number of hydrogen-bond donors (Lipinski definition) is 1. The van der Waals surface area contributed by atoms with Crippen molar-refractivity contribution >= 4 is 34.0 Å². The van der Waals surface area contributed by atoms with Crippen molar-refractivity contribution in [1.82, 2.24) is 25.0 Å². The summed E-state index contributed by atoms with van der Waals surface area (Å²) < 4.78 is 7.55. The molecule has 0 bridgehead atoms. The van der Waals surface area contributed by atoms with Gasteiger partial charge in [-0.05, 0) is 0 Å². The quantitative estimate of drug-likeness (QED) is 0.167. The molecule has 2 aliphatic heterocycles. The van der Waals surface area contributed by atoms with Crippen LogP contribution in [0.25, 0.3) is 11.5 Å². The number of nitrogen functional groups attached to an aromatic ring is 1. The van der Waals surface area contributed by atoms with Gasteiger partial charge in [0.2, 0.25) is 0 Å². The van der Waals surface area contributed by atoms with Crippen molar-refractivity contribution in [3.8, 4) is 17.6 Å². The second-order valence-electron chi connectivity index (χ2n) is 10.4. The standard InChI is InChI=1S/C27H31IN9O2S/c1-4-21(38)36-12-10-35(11-13-36)20-14-18(31-26(32-20)37-9-8-28-16(37)2)24-33-25(39-34-24)27(3)7-5-6-19-22(27)17(15-29)23(30)40-19/h4,14,16H,1,5-13,30H2,2-3H3/q-1/t16-,27-/m0/s1. The number of nitrogens with zero attached hydrogens (tertiary/aromatic N) is 8. The van der Waals surface area contributed by atoms with Crippen molar-refractivity contribution in [2.24, 2.45) is 0 Å². The van der Waals surface area contributed by atoms with Crippen LogP contribution in [-0.2, 0) is 16.6 Å². The number of rotatable bonds is 5. The van der Waals surface area contributed by atoms with Crippen LogP contribution in [0.1, 0.15) is 48.6 Å². The van der Waals surface area contributed by atoms with Crippen LogP contribution >= 0.6 is 11.3 Å². The van der Waals surface area contributed by atoms with Gasteiger partial charge in [-0.15, -0.1) is 0 Å². The van der Waals surface area contributed by atoms with Crippen LogP contribution in [0.2, 0.25) is 0 Å². The number of nitriles is 1. The number of aryl methyl sites for hydroxylation is 1. The van der Waals surface area contributed by atoms with Gasteiger partial charge in [-0.25, -0.2) is 0 Å². The zero-order valence-corrected chi connectivity index (χ0v) is 25.5. The molecule has 1 aliphatic carbocycles. The summed E-state index contributed by atoms with van der Waals surface area (Å²) in [5.74, 6) is 2.28. The molecule has 3 aliphatic rings. The third-order valence-electron chi connectivity index (χ3n) is 8.01. The minimum absolute atomic E-state index is 0.0517. The molecule has 40 heavy (non-hydrogen) atoms. The van der Waals surface area contributed by atoms with E-state index in [1.54, 1.807) is 4.90 Å². The van der Waals surface area contributed by atoms with Crippen molar-refractivity contribution in [2.45, 2.75) is 42.6 Å². The first-order valence-electron chi connectivity index (χ1n) is 13.4. The summed E-state index contributed by atoms with van der Waals surface area (Å²) in [4.78, 5) is 34.2. The van der Waals surface area contributed by atoms with Crippen LogP contribution in [0.4, 0.5) is 16.8 Å². The van der Waals surface area contributed by atoms with Gasteiger partial charge in [-0.2, -0.15) is 5.26 Å². The van der Waals surface area contributed by atoms with Gasteiger partial charge >= 0.3 is 237 Å². The summed E-state index contributed by atoms with van der Waals surface area (Å²) in [5.41, 5.74) is 7.66. The van der Waals surface area contributed by atoms with E-state index in [9.17, 15) is 10.1 Å². The van der Waals surface area contributed by atoms with Crippen molar-refractivity contribution in [1.29, 1.82) is 5.26 Å². The molecule has 2 N–H and O–H groups in total. The summed E-state index contributed by atoms with van der Waals surface area (Å²) >= 11 is 1.55. The molecule has 1 amide bonds. The van der Waals surface area contributed by atoms with Gasteiger partial charge in [0.05, 0.1) is 0 Å². The van der Waals surface area contributed by atoms with E-state index in [0.29, 0.717) is 64.1 Å². The number of carbonyl (C=O) groups is 1. The number of aromatic nitrogens is 4. The fourth-order valence-corrected chi connectivity index (χ4v) is 9.68. The molecule has 0 aromatic carbocycles. The zero-order valence-electron chi connectivity index (χ0n) is 22.6. The van der Waals surface area contributed by atoms with Crippen LogP contribution in [0.3, 0.4) is 0 Å². The number of carbonyl (C=O) groups excluding carboxylic acids is 1. The van der Waals surface area contributed by atoms with Crippen LogP contribution in [0, 0.1) is 11.3 Å².